The zero-order valence-electron chi connectivity index (χ0n) is 11.0. The van der Waals surface area contributed by atoms with E-state index in [9.17, 15) is 4.79 Å². The fraction of sp³-hybridized carbons (Fsp3) is 0.533. The number of hydrogen-bond acceptors (Lipinski definition) is 2. The Morgan fingerprint density at radius 3 is 2.56 bits per heavy atom. The van der Waals surface area contributed by atoms with Gasteiger partial charge in [0.05, 0.1) is 12.5 Å². The Morgan fingerprint density at radius 1 is 1.22 bits per heavy atom. The van der Waals surface area contributed by atoms with Crippen LogP contribution in [0.15, 0.2) is 30.3 Å². The maximum Gasteiger partial charge on any atom is 0.306 e. The van der Waals surface area contributed by atoms with Crippen molar-refractivity contribution in [2.45, 2.75) is 39.0 Å². The van der Waals surface area contributed by atoms with Crippen LogP contribution in [0.4, 0.5) is 0 Å². The number of ether oxygens (including phenoxy) is 1. The van der Waals surface area contributed by atoms with E-state index in [4.69, 9.17) is 9.84 Å². The Hall–Kier alpha value is -1.51. The van der Waals surface area contributed by atoms with Crippen molar-refractivity contribution in [1.82, 2.24) is 0 Å². The third kappa shape index (κ3) is 5.71. The number of rotatable bonds is 9. The largest absolute Gasteiger partial charge is 0.494 e. The van der Waals surface area contributed by atoms with Gasteiger partial charge in [-0.25, -0.2) is 0 Å². The first-order chi connectivity index (χ1) is 8.74. The SMILES string of the molecule is CCCCCC(CCOc1ccccc1)C(=O)O. The van der Waals surface area contributed by atoms with Crippen LogP contribution in [0.3, 0.4) is 0 Å². The molecule has 0 radical (unpaired) electrons. The van der Waals surface area contributed by atoms with Crippen LogP contribution >= 0.6 is 0 Å². The zero-order chi connectivity index (χ0) is 13.2. The van der Waals surface area contributed by atoms with Crippen molar-refractivity contribution in [1.29, 1.82) is 0 Å². The van der Waals surface area contributed by atoms with Crippen molar-refractivity contribution in [3.05, 3.63) is 30.3 Å². The molecule has 3 heteroatoms. The Morgan fingerprint density at radius 2 is 1.94 bits per heavy atom. The number of unbranched alkanes of at least 4 members (excludes halogenated alkanes) is 2. The predicted octanol–water partition coefficient (Wildman–Crippen LogP) is 3.74. The highest BCUT2D eigenvalue weighted by atomic mass is 16.5. The lowest BCUT2D eigenvalue weighted by Gasteiger charge is -2.12. The number of carboxylic acid groups (broad SMARTS) is 1. The number of carboxylic acids is 1. The molecule has 1 N–H and O–H groups in total. The third-order valence-electron chi connectivity index (χ3n) is 2.98. The Balaban J connectivity index is 2.27. The molecule has 0 fully saturated rings. The van der Waals surface area contributed by atoms with Crippen LogP contribution in [0.1, 0.15) is 39.0 Å². The summed E-state index contributed by atoms with van der Waals surface area (Å²) in [6, 6.07) is 9.51. The van der Waals surface area contributed by atoms with E-state index in [1.807, 2.05) is 30.3 Å². The van der Waals surface area contributed by atoms with Gasteiger partial charge in [0.25, 0.3) is 0 Å². The number of aliphatic carboxylic acids is 1. The van der Waals surface area contributed by atoms with Gasteiger partial charge in [-0.2, -0.15) is 0 Å². The van der Waals surface area contributed by atoms with Crippen molar-refractivity contribution in [3.8, 4) is 5.75 Å². The van der Waals surface area contributed by atoms with Gasteiger partial charge >= 0.3 is 5.97 Å². The van der Waals surface area contributed by atoms with Crippen molar-refractivity contribution < 1.29 is 14.6 Å². The number of carbonyl (C=O) groups is 1. The van der Waals surface area contributed by atoms with E-state index in [2.05, 4.69) is 6.92 Å². The third-order valence-corrected chi connectivity index (χ3v) is 2.98. The van der Waals surface area contributed by atoms with E-state index in [-0.39, 0.29) is 5.92 Å². The van der Waals surface area contributed by atoms with Crippen molar-refractivity contribution in [2.24, 2.45) is 5.92 Å². The quantitative estimate of drug-likeness (QED) is 0.679. The second kappa shape index (κ2) is 8.56. The summed E-state index contributed by atoms with van der Waals surface area (Å²) in [6.45, 7) is 2.58. The topological polar surface area (TPSA) is 46.5 Å². The minimum Gasteiger partial charge on any atom is -0.494 e. The molecule has 0 aromatic heterocycles. The first kappa shape index (κ1) is 14.6. The molecule has 0 saturated carbocycles. The average Bonchev–Trinajstić information content (AvgIpc) is 2.38. The summed E-state index contributed by atoms with van der Waals surface area (Å²) >= 11 is 0. The molecular weight excluding hydrogens is 228 g/mol. The summed E-state index contributed by atoms with van der Waals surface area (Å²) in [5.74, 6) is -0.182. The fourth-order valence-corrected chi connectivity index (χ4v) is 1.87. The van der Waals surface area contributed by atoms with E-state index in [0.717, 1.165) is 31.4 Å². The molecule has 0 amide bonds. The minimum absolute atomic E-state index is 0.278. The standard InChI is InChI=1S/C15H22O3/c1-2-3-5-8-13(15(16)17)11-12-18-14-9-6-4-7-10-14/h4,6-7,9-10,13H,2-3,5,8,11-12H2,1H3,(H,16,17). The van der Waals surface area contributed by atoms with Gasteiger partial charge in [0.1, 0.15) is 5.75 Å². The summed E-state index contributed by atoms with van der Waals surface area (Å²) < 4.78 is 5.53. The van der Waals surface area contributed by atoms with E-state index in [1.54, 1.807) is 0 Å². The number of hydrogen-bond donors (Lipinski definition) is 1. The Labute approximate surface area is 109 Å². The molecule has 0 heterocycles. The van der Waals surface area contributed by atoms with Gasteiger partial charge in [-0.1, -0.05) is 44.4 Å². The smallest absolute Gasteiger partial charge is 0.306 e. The summed E-state index contributed by atoms with van der Waals surface area (Å²) in [5.41, 5.74) is 0. The van der Waals surface area contributed by atoms with Crippen molar-refractivity contribution in [3.63, 3.8) is 0 Å². The van der Waals surface area contributed by atoms with Crippen LogP contribution < -0.4 is 4.74 Å². The van der Waals surface area contributed by atoms with Crippen molar-refractivity contribution >= 4 is 5.97 Å². The highest BCUT2D eigenvalue weighted by Crippen LogP contribution is 2.16. The van der Waals surface area contributed by atoms with Gasteiger partial charge in [-0.05, 0) is 25.0 Å². The van der Waals surface area contributed by atoms with E-state index >= 15 is 0 Å². The van der Waals surface area contributed by atoms with Crippen LogP contribution in [-0.2, 0) is 4.79 Å². The van der Waals surface area contributed by atoms with Gasteiger partial charge in [0.15, 0.2) is 0 Å². The molecule has 1 aromatic carbocycles. The predicted molar refractivity (Wildman–Crippen MR) is 71.8 cm³/mol. The van der Waals surface area contributed by atoms with Gasteiger partial charge in [0.2, 0.25) is 0 Å². The summed E-state index contributed by atoms with van der Waals surface area (Å²) in [4.78, 5) is 11.1. The fourth-order valence-electron chi connectivity index (χ4n) is 1.87. The van der Waals surface area contributed by atoms with E-state index in [0.29, 0.717) is 13.0 Å². The molecule has 0 aliphatic carbocycles. The molecule has 0 bridgehead atoms. The molecule has 0 aliphatic rings. The van der Waals surface area contributed by atoms with Crippen LogP contribution in [0.25, 0.3) is 0 Å². The van der Waals surface area contributed by atoms with Crippen LogP contribution in [0, 0.1) is 5.92 Å². The zero-order valence-corrected chi connectivity index (χ0v) is 11.0. The van der Waals surface area contributed by atoms with Crippen LogP contribution in [0.5, 0.6) is 5.75 Å². The van der Waals surface area contributed by atoms with Crippen LogP contribution in [-0.4, -0.2) is 17.7 Å². The number of benzene rings is 1. The first-order valence-electron chi connectivity index (χ1n) is 6.64. The average molecular weight is 250 g/mol. The maximum atomic E-state index is 11.1. The number of para-hydroxylation sites is 1. The molecule has 1 rings (SSSR count). The summed E-state index contributed by atoms with van der Waals surface area (Å²) in [6.07, 6.45) is 4.53. The molecule has 0 spiro atoms. The lowest BCUT2D eigenvalue weighted by molar-refractivity contribution is -0.142. The molecule has 1 unspecified atom stereocenters. The van der Waals surface area contributed by atoms with Gasteiger partial charge in [0, 0.05) is 0 Å². The molecule has 18 heavy (non-hydrogen) atoms. The highest BCUT2D eigenvalue weighted by molar-refractivity contribution is 5.69. The monoisotopic (exact) mass is 250 g/mol. The van der Waals surface area contributed by atoms with Gasteiger partial charge in [-0.3, -0.25) is 4.79 Å². The Kier molecular flexibility index (Phi) is 6.92. The second-order valence-corrected chi connectivity index (χ2v) is 4.48. The van der Waals surface area contributed by atoms with Crippen LogP contribution in [0.2, 0.25) is 0 Å². The molecule has 0 aliphatic heterocycles. The van der Waals surface area contributed by atoms with E-state index in [1.165, 1.54) is 0 Å². The lowest BCUT2D eigenvalue weighted by Crippen LogP contribution is -2.17. The molecular formula is C15H22O3. The Bertz CT molecular complexity index is 335. The normalized spacial score (nSPS) is 12.1. The van der Waals surface area contributed by atoms with Gasteiger partial charge < -0.3 is 9.84 Å². The lowest BCUT2D eigenvalue weighted by atomic mass is 9.98. The molecule has 1 aromatic rings. The minimum atomic E-state index is -0.706. The van der Waals surface area contributed by atoms with Crippen molar-refractivity contribution in [2.75, 3.05) is 6.61 Å². The summed E-state index contributed by atoms with van der Waals surface area (Å²) in [7, 11) is 0. The van der Waals surface area contributed by atoms with Gasteiger partial charge in [-0.15, -0.1) is 0 Å². The molecule has 0 saturated heterocycles. The highest BCUT2D eigenvalue weighted by Gasteiger charge is 2.16. The molecule has 3 nitrogen and oxygen atoms in total. The second-order valence-electron chi connectivity index (χ2n) is 4.48. The first-order valence-corrected chi connectivity index (χ1v) is 6.64. The molecule has 1 atom stereocenters. The van der Waals surface area contributed by atoms with E-state index < -0.39 is 5.97 Å². The maximum absolute atomic E-state index is 11.1. The molecule has 100 valence electrons. The summed E-state index contributed by atoms with van der Waals surface area (Å²) in [5, 5.41) is 9.11.